The Kier molecular flexibility index (Phi) is 43.3. The number of aliphatic hydroxyl groups excluding tert-OH is 2. The summed E-state index contributed by atoms with van der Waals surface area (Å²) in [4.78, 5) is 12.4. The van der Waals surface area contributed by atoms with E-state index in [0.29, 0.717) is 6.42 Å². The lowest BCUT2D eigenvalue weighted by atomic mass is 10.0. The minimum Gasteiger partial charge on any atom is -0.394 e. The van der Waals surface area contributed by atoms with Crippen LogP contribution in [0.3, 0.4) is 0 Å². The molecule has 308 valence electrons. The first-order chi connectivity index (χ1) is 25.7. The van der Waals surface area contributed by atoms with Crippen molar-refractivity contribution in [3.05, 3.63) is 24.3 Å². The summed E-state index contributed by atoms with van der Waals surface area (Å²) in [5.41, 5.74) is 0. The highest BCUT2D eigenvalue weighted by Crippen LogP contribution is 2.16. The van der Waals surface area contributed by atoms with E-state index in [2.05, 4.69) is 31.3 Å². The van der Waals surface area contributed by atoms with E-state index >= 15 is 0 Å². The quantitative estimate of drug-likeness (QED) is 0.0432. The van der Waals surface area contributed by atoms with Crippen molar-refractivity contribution >= 4 is 5.91 Å². The molecule has 4 heteroatoms. The summed E-state index contributed by atoms with van der Waals surface area (Å²) < 4.78 is 0. The average molecular weight is 732 g/mol. The van der Waals surface area contributed by atoms with Crippen LogP contribution >= 0.6 is 0 Å². The number of allylic oxidation sites excluding steroid dienone is 3. The maximum Gasteiger partial charge on any atom is 0.220 e. The number of carbonyl (C=O) groups is 1. The van der Waals surface area contributed by atoms with Gasteiger partial charge in [0.25, 0.3) is 0 Å². The molecule has 0 aromatic carbocycles. The lowest BCUT2D eigenvalue weighted by molar-refractivity contribution is -0.123. The van der Waals surface area contributed by atoms with Gasteiger partial charge in [0.2, 0.25) is 5.91 Å². The fourth-order valence-electron chi connectivity index (χ4n) is 7.31. The lowest BCUT2D eigenvalue weighted by Gasteiger charge is -2.19. The monoisotopic (exact) mass is 732 g/mol. The number of unbranched alkanes of at least 4 members (excludes halogenated alkanes) is 34. The molecule has 0 aromatic rings. The van der Waals surface area contributed by atoms with Crippen LogP contribution in [0.5, 0.6) is 0 Å². The highest BCUT2D eigenvalue weighted by atomic mass is 16.3. The van der Waals surface area contributed by atoms with Gasteiger partial charge in [0.15, 0.2) is 0 Å². The molecule has 3 N–H and O–H groups in total. The number of hydrogen-bond acceptors (Lipinski definition) is 3. The molecule has 0 radical (unpaired) electrons. The topological polar surface area (TPSA) is 69.6 Å². The van der Waals surface area contributed by atoms with Crippen molar-refractivity contribution < 1.29 is 15.0 Å². The van der Waals surface area contributed by atoms with E-state index in [9.17, 15) is 15.0 Å². The molecular formula is C48H93NO3. The molecule has 0 aromatic heterocycles. The van der Waals surface area contributed by atoms with Gasteiger partial charge >= 0.3 is 0 Å². The van der Waals surface area contributed by atoms with Crippen molar-refractivity contribution in [1.29, 1.82) is 0 Å². The molecule has 0 rings (SSSR count). The fourth-order valence-corrected chi connectivity index (χ4v) is 7.31. The number of aliphatic hydroxyl groups is 2. The van der Waals surface area contributed by atoms with Gasteiger partial charge in [-0.1, -0.05) is 244 Å². The Morgan fingerprint density at radius 2 is 0.750 bits per heavy atom. The van der Waals surface area contributed by atoms with Crippen molar-refractivity contribution in [2.75, 3.05) is 6.61 Å². The summed E-state index contributed by atoms with van der Waals surface area (Å²) in [5, 5.41) is 23.0. The van der Waals surface area contributed by atoms with Gasteiger partial charge in [-0.05, 0) is 32.1 Å². The molecule has 0 saturated heterocycles. The minimum atomic E-state index is -0.858. The standard InChI is InChI=1S/C48H93NO3/c1-3-5-7-9-11-13-15-17-19-20-21-22-23-24-25-26-27-28-29-30-31-33-35-37-39-41-43-47(51)46(45-50)49-48(52)44-42-40-38-36-34-32-18-16-14-12-10-8-6-4-2/h33,35,41,43,46-47,50-51H,3-32,34,36-40,42,44-45H2,1-2H3,(H,49,52)/b35-33+,43-41+. The van der Waals surface area contributed by atoms with Gasteiger partial charge < -0.3 is 15.5 Å². The molecule has 2 unspecified atom stereocenters. The average Bonchev–Trinajstić information content (AvgIpc) is 3.15. The Morgan fingerprint density at radius 1 is 0.442 bits per heavy atom. The molecule has 52 heavy (non-hydrogen) atoms. The predicted octanol–water partition coefficient (Wildman–Crippen LogP) is 14.8. The van der Waals surface area contributed by atoms with Crippen LogP contribution in [0.25, 0.3) is 0 Å². The molecule has 0 fully saturated rings. The fraction of sp³-hybridized carbons (Fsp3) is 0.896. The summed E-state index contributed by atoms with van der Waals surface area (Å²) in [6, 6.07) is -0.634. The van der Waals surface area contributed by atoms with E-state index in [-0.39, 0.29) is 12.5 Å². The Morgan fingerprint density at radius 3 is 1.12 bits per heavy atom. The van der Waals surface area contributed by atoms with Gasteiger partial charge in [0, 0.05) is 6.42 Å². The maximum atomic E-state index is 12.4. The molecule has 2 atom stereocenters. The summed E-state index contributed by atoms with van der Waals surface area (Å²) in [6.45, 7) is 4.31. The van der Waals surface area contributed by atoms with Crippen LogP contribution < -0.4 is 5.32 Å². The summed E-state index contributed by atoms with van der Waals surface area (Å²) in [5.74, 6) is -0.0709. The Balaban J connectivity index is 3.53. The summed E-state index contributed by atoms with van der Waals surface area (Å²) >= 11 is 0. The smallest absolute Gasteiger partial charge is 0.220 e. The van der Waals surface area contributed by atoms with Gasteiger partial charge in [-0.15, -0.1) is 0 Å². The van der Waals surface area contributed by atoms with Crippen molar-refractivity contribution in [2.45, 2.75) is 270 Å². The highest BCUT2D eigenvalue weighted by molar-refractivity contribution is 5.76. The van der Waals surface area contributed by atoms with Crippen molar-refractivity contribution in [2.24, 2.45) is 0 Å². The molecule has 0 heterocycles. The Bertz CT molecular complexity index is 750. The summed E-state index contributed by atoms with van der Waals surface area (Å²) in [6.07, 6.45) is 57.4. The second-order valence-electron chi connectivity index (χ2n) is 16.2. The first kappa shape index (κ1) is 50.9. The lowest BCUT2D eigenvalue weighted by Crippen LogP contribution is -2.45. The Hall–Kier alpha value is -1.13. The van der Waals surface area contributed by atoms with E-state index in [1.807, 2.05) is 6.08 Å². The van der Waals surface area contributed by atoms with Gasteiger partial charge in [0.05, 0.1) is 18.8 Å². The molecule has 0 aliphatic rings. The number of rotatable bonds is 43. The van der Waals surface area contributed by atoms with Crippen molar-refractivity contribution in [3.63, 3.8) is 0 Å². The number of nitrogens with one attached hydrogen (secondary N) is 1. The zero-order valence-electron chi connectivity index (χ0n) is 35.3. The maximum absolute atomic E-state index is 12.4. The number of carbonyl (C=O) groups excluding carboxylic acids is 1. The molecule has 0 aliphatic heterocycles. The van der Waals surface area contributed by atoms with Crippen LogP contribution in [0.2, 0.25) is 0 Å². The third-order valence-electron chi connectivity index (χ3n) is 10.9. The Labute approximate surface area is 326 Å². The van der Waals surface area contributed by atoms with Gasteiger partial charge in [-0.3, -0.25) is 4.79 Å². The number of amides is 1. The van der Waals surface area contributed by atoms with Gasteiger partial charge in [-0.25, -0.2) is 0 Å². The number of hydrogen-bond donors (Lipinski definition) is 3. The molecular weight excluding hydrogens is 639 g/mol. The molecule has 4 nitrogen and oxygen atoms in total. The zero-order chi connectivity index (χ0) is 37.8. The van der Waals surface area contributed by atoms with Crippen LogP contribution in [0.4, 0.5) is 0 Å². The normalized spacial score (nSPS) is 13.1. The van der Waals surface area contributed by atoms with E-state index in [0.717, 1.165) is 32.1 Å². The van der Waals surface area contributed by atoms with Gasteiger partial charge in [0.1, 0.15) is 0 Å². The van der Waals surface area contributed by atoms with Crippen molar-refractivity contribution in [1.82, 2.24) is 5.32 Å². The largest absolute Gasteiger partial charge is 0.394 e. The molecule has 0 bridgehead atoms. The highest BCUT2D eigenvalue weighted by Gasteiger charge is 2.17. The van der Waals surface area contributed by atoms with Crippen LogP contribution in [-0.2, 0) is 4.79 Å². The van der Waals surface area contributed by atoms with Gasteiger partial charge in [-0.2, -0.15) is 0 Å². The van der Waals surface area contributed by atoms with Crippen LogP contribution in [0, 0.1) is 0 Å². The summed E-state index contributed by atoms with van der Waals surface area (Å²) in [7, 11) is 0. The molecule has 0 saturated carbocycles. The second kappa shape index (κ2) is 44.3. The van der Waals surface area contributed by atoms with E-state index in [1.54, 1.807) is 6.08 Å². The molecule has 0 aliphatic carbocycles. The van der Waals surface area contributed by atoms with Crippen LogP contribution in [0.1, 0.15) is 258 Å². The van der Waals surface area contributed by atoms with Crippen molar-refractivity contribution in [3.8, 4) is 0 Å². The molecule has 0 spiro atoms. The van der Waals surface area contributed by atoms with E-state index < -0.39 is 12.1 Å². The second-order valence-corrected chi connectivity index (χ2v) is 16.2. The van der Waals surface area contributed by atoms with Crippen LogP contribution in [-0.4, -0.2) is 34.9 Å². The molecule has 1 amide bonds. The SMILES string of the molecule is CCCCCCCCCCCCCCCCCCCCCC/C=C/CC/C=C/C(O)C(CO)NC(=O)CCCCCCCCCCCCCCCC. The van der Waals surface area contributed by atoms with Crippen LogP contribution in [0.15, 0.2) is 24.3 Å². The zero-order valence-corrected chi connectivity index (χ0v) is 35.3. The first-order valence-electron chi connectivity index (χ1n) is 23.6. The third-order valence-corrected chi connectivity index (χ3v) is 10.9. The van der Waals surface area contributed by atoms with E-state index in [1.165, 1.54) is 205 Å². The predicted molar refractivity (Wildman–Crippen MR) is 230 cm³/mol. The van der Waals surface area contributed by atoms with E-state index in [4.69, 9.17) is 0 Å². The third kappa shape index (κ3) is 40.1. The first-order valence-corrected chi connectivity index (χ1v) is 23.6. The minimum absolute atomic E-state index is 0.0709.